The molecule has 0 radical (unpaired) electrons. The molecule has 0 unspecified atom stereocenters. The number of nitrogens with one attached hydrogen (secondary N) is 1. The zero-order chi connectivity index (χ0) is 13.8. The van der Waals surface area contributed by atoms with Gasteiger partial charge in [-0.3, -0.25) is 4.98 Å². The maximum Gasteiger partial charge on any atom is 0.181 e. The zero-order valence-electron chi connectivity index (χ0n) is 11.2. The van der Waals surface area contributed by atoms with Crippen LogP contribution in [-0.4, -0.2) is 9.97 Å². The zero-order valence-corrected chi connectivity index (χ0v) is 11.2. The lowest BCUT2D eigenvalue weighted by molar-refractivity contribution is 0.572. The van der Waals surface area contributed by atoms with Crippen molar-refractivity contribution in [2.24, 2.45) is 0 Å². The molecule has 4 heteroatoms. The van der Waals surface area contributed by atoms with Crippen LogP contribution < -0.4 is 5.32 Å². The van der Waals surface area contributed by atoms with Crippen LogP contribution in [0.25, 0.3) is 11.3 Å². The Morgan fingerprint density at radius 2 is 1.90 bits per heavy atom. The SMILES string of the molecule is Cc1ccc(CNc2ccc(-c3cnco3)cc2)cn1. The van der Waals surface area contributed by atoms with Crippen LogP contribution >= 0.6 is 0 Å². The van der Waals surface area contributed by atoms with Crippen molar-refractivity contribution in [2.45, 2.75) is 13.5 Å². The first-order valence-electron chi connectivity index (χ1n) is 6.45. The number of nitrogens with zero attached hydrogens (tertiary/aromatic N) is 2. The summed E-state index contributed by atoms with van der Waals surface area (Å²) in [6.07, 6.45) is 5.04. The van der Waals surface area contributed by atoms with Crippen molar-refractivity contribution >= 4 is 5.69 Å². The van der Waals surface area contributed by atoms with Gasteiger partial charge < -0.3 is 9.73 Å². The highest BCUT2D eigenvalue weighted by Gasteiger charge is 2.01. The van der Waals surface area contributed by atoms with Crippen LogP contribution in [0.2, 0.25) is 0 Å². The summed E-state index contributed by atoms with van der Waals surface area (Å²) in [7, 11) is 0. The topological polar surface area (TPSA) is 51.0 Å². The van der Waals surface area contributed by atoms with Gasteiger partial charge in [0, 0.05) is 29.7 Å². The van der Waals surface area contributed by atoms with Gasteiger partial charge in [-0.05, 0) is 42.8 Å². The Kier molecular flexibility index (Phi) is 3.46. The molecule has 3 rings (SSSR count). The number of aromatic nitrogens is 2. The molecule has 0 aliphatic rings. The van der Waals surface area contributed by atoms with Crippen molar-refractivity contribution in [3.63, 3.8) is 0 Å². The van der Waals surface area contributed by atoms with Crippen molar-refractivity contribution in [3.8, 4) is 11.3 Å². The van der Waals surface area contributed by atoms with Crippen molar-refractivity contribution in [1.82, 2.24) is 9.97 Å². The normalized spacial score (nSPS) is 10.4. The van der Waals surface area contributed by atoms with E-state index in [0.717, 1.165) is 34.8 Å². The monoisotopic (exact) mass is 265 g/mol. The third kappa shape index (κ3) is 2.85. The van der Waals surface area contributed by atoms with Crippen LogP contribution in [0.5, 0.6) is 0 Å². The summed E-state index contributed by atoms with van der Waals surface area (Å²) in [5.41, 5.74) is 4.28. The molecule has 0 amide bonds. The molecule has 0 saturated carbocycles. The predicted octanol–water partition coefficient (Wildman–Crippen LogP) is 3.66. The van der Waals surface area contributed by atoms with Crippen molar-refractivity contribution in [2.75, 3.05) is 5.32 Å². The van der Waals surface area contributed by atoms with Crippen LogP contribution in [0.3, 0.4) is 0 Å². The van der Waals surface area contributed by atoms with Gasteiger partial charge in [0.15, 0.2) is 12.2 Å². The van der Waals surface area contributed by atoms with Crippen molar-refractivity contribution in [1.29, 1.82) is 0 Å². The van der Waals surface area contributed by atoms with Gasteiger partial charge >= 0.3 is 0 Å². The molecule has 1 N–H and O–H groups in total. The minimum atomic E-state index is 0.759. The lowest BCUT2D eigenvalue weighted by Crippen LogP contribution is -1.99. The van der Waals surface area contributed by atoms with E-state index in [9.17, 15) is 0 Å². The Morgan fingerprint density at radius 1 is 1.05 bits per heavy atom. The Balaban J connectivity index is 1.65. The summed E-state index contributed by atoms with van der Waals surface area (Å²) in [6, 6.07) is 12.2. The molecule has 0 spiro atoms. The Labute approximate surface area is 117 Å². The van der Waals surface area contributed by atoms with Gasteiger partial charge in [0.05, 0.1) is 6.20 Å². The van der Waals surface area contributed by atoms with Gasteiger partial charge in [0.1, 0.15) is 0 Å². The second-order valence-electron chi connectivity index (χ2n) is 4.60. The smallest absolute Gasteiger partial charge is 0.181 e. The second-order valence-corrected chi connectivity index (χ2v) is 4.60. The average Bonchev–Trinajstić information content (AvgIpc) is 3.01. The van der Waals surface area contributed by atoms with Gasteiger partial charge in [0.25, 0.3) is 0 Å². The van der Waals surface area contributed by atoms with Crippen LogP contribution in [0.15, 0.2) is 59.6 Å². The van der Waals surface area contributed by atoms with Crippen molar-refractivity contribution < 1.29 is 4.42 Å². The van der Waals surface area contributed by atoms with E-state index in [-0.39, 0.29) is 0 Å². The third-order valence-corrected chi connectivity index (χ3v) is 3.07. The van der Waals surface area contributed by atoms with E-state index < -0.39 is 0 Å². The van der Waals surface area contributed by atoms with Gasteiger partial charge in [-0.25, -0.2) is 4.98 Å². The van der Waals surface area contributed by atoms with Crippen LogP contribution in [0.1, 0.15) is 11.3 Å². The number of hydrogen-bond donors (Lipinski definition) is 1. The lowest BCUT2D eigenvalue weighted by Gasteiger charge is -2.07. The molecule has 2 aromatic heterocycles. The number of pyridine rings is 1. The molecule has 4 nitrogen and oxygen atoms in total. The number of rotatable bonds is 4. The highest BCUT2D eigenvalue weighted by molar-refractivity contribution is 5.60. The van der Waals surface area contributed by atoms with Gasteiger partial charge in [0.2, 0.25) is 0 Å². The maximum atomic E-state index is 5.26. The lowest BCUT2D eigenvalue weighted by atomic mass is 10.1. The summed E-state index contributed by atoms with van der Waals surface area (Å²) < 4.78 is 5.26. The first-order valence-corrected chi connectivity index (χ1v) is 6.45. The highest BCUT2D eigenvalue weighted by Crippen LogP contribution is 2.20. The fraction of sp³-hybridized carbons (Fsp3) is 0.125. The van der Waals surface area contributed by atoms with E-state index in [1.165, 1.54) is 6.39 Å². The molecule has 100 valence electrons. The molecule has 1 aromatic carbocycles. The van der Waals surface area contributed by atoms with Crippen LogP contribution in [-0.2, 0) is 6.54 Å². The molecule has 0 atom stereocenters. The molecule has 2 heterocycles. The molecule has 0 aliphatic carbocycles. The Hall–Kier alpha value is -2.62. The molecule has 0 saturated heterocycles. The summed E-state index contributed by atoms with van der Waals surface area (Å²) in [6.45, 7) is 2.74. The summed E-state index contributed by atoms with van der Waals surface area (Å²) in [5, 5.41) is 3.37. The molecule has 0 aliphatic heterocycles. The standard InChI is InChI=1S/C16H15N3O/c1-12-2-3-13(8-18-12)9-19-15-6-4-14(5-7-15)16-10-17-11-20-16/h2-8,10-11,19H,9H2,1H3. The Bertz CT molecular complexity index is 658. The predicted molar refractivity (Wildman–Crippen MR) is 78.2 cm³/mol. The molecule has 0 fully saturated rings. The molecular weight excluding hydrogens is 250 g/mol. The van der Waals surface area contributed by atoms with Gasteiger partial charge in [-0.15, -0.1) is 0 Å². The van der Waals surface area contributed by atoms with E-state index in [1.807, 2.05) is 43.5 Å². The summed E-state index contributed by atoms with van der Waals surface area (Å²) in [5.74, 6) is 0.777. The quantitative estimate of drug-likeness (QED) is 0.782. The van der Waals surface area contributed by atoms with Crippen LogP contribution in [0.4, 0.5) is 5.69 Å². The molecule has 20 heavy (non-hydrogen) atoms. The number of anilines is 1. The highest BCUT2D eigenvalue weighted by atomic mass is 16.3. The second kappa shape index (κ2) is 5.57. The van der Waals surface area contributed by atoms with E-state index in [2.05, 4.69) is 21.4 Å². The number of benzene rings is 1. The molecule has 0 bridgehead atoms. The average molecular weight is 265 g/mol. The van der Waals surface area contributed by atoms with E-state index in [0.29, 0.717) is 0 Å². The largest absolute Gasteiger partial charge is 0.444 e. The van der Waals surface area contributed by atoms with Gasteiger partial charge in [-0.2, -0.15) is 0 Å². The van der Waals surface area contributed by atoms with E-state index in [1.54, 1.807) is 6.20 Å². The minimum Gasteiger partial charge on any atom is -0.444 e. The fourth-order valence-electron chi connectivity index (χ4n) is 1.92. The number of oxazole rings is 1. The maximum absolute atomic E-state index is 5.26. The van der Waals surface area contributed by atoms with E-state index >= 15 is 0 Å². The summed E-state index contributed by atoms with van der Waals surface area (Å²) in [4.78, 5) is 8.19. The fourth-order valence-corrected chi connectivity index (χ4v) is 1.92. The number of aryl methyl sites for hydroxylation is 1. The first kappa shape index (κ1) is 12.4. The molecule has 3 aromatic rings. The van der Waals surface area contributed by atoms with Crippen LogP contribution in [0, 0.1) is 6.92 Å². The summed E-state index contributed by atoms with van der Waals surface area (Å²) >= 11 is 0. The minimum absolute atomic E-state index is 0.759. The van der Waals surface area contributed by atoms with Crippen molar-refractivity contribution in [3.05, 3.63) is 66.4 Å². The third-order valence-electron chi connectivity index (χ3n) is 3.07. The number of hydrogen-bond acceptors (Lipinski definition) is 4. The molecular formula is C16H15N3O. The Morgan fingerprint density at radius 3 is 2.55 bits per heavy atom. The van der Waals surface area contributed by atoms with E-state index in [4.69, 9.17) is 4.42 Å². The first-order chi connectivity index (χ1) is 9.81. The van der Waals surface area contributed by atoms with Gasteiger partial charge in [-0.1, -0.05) is 6.07 Å².